The third-order valence-electron chi connectivity index (χ3n) is 2.64. The van der Waals surface area contributed by atoms with E-state index in [9.17, 15) is 4.79 Å². The molecule has 2 aliphatic rings. The lowest BCUT2D eigenvalue weighted by Gasteiger charge is -2.36. The maximum Gasteiger partial charge on any atom is 0.234 e. The largest absolute Gasteiger partial charge is 0.351 e. The van der Waals surface area contributed by atoms with Crippen LogP contribution in [0.25, 0.3) is 0 Å². The van der Waals surface area contributed by atoms with E-state index in [0.29, 0.717) is 18.6 Å². The highest BCUT2D eigenvalue weighted by atomic mass is 16.2. The Labute approximate surface area is 66.5 Å². The lowest BCUT2D eigenvalue weighted by Crippen LogP contribution is -2.59. The van der Waals surface area contributed by atoms with Gasteiger partial charge in [0, 0.05) is 12.1 Å². The Bertz CT molecular complexity index is 169. The van der Waals surface area contributed by atoms with E-state index < -0.39 is 0 Å². The summed E-state index contributed by atoms with van der Waals surface area (Å²) >= 11 is 0. The van der Waals surface area contributed by atoms with E-state index in [0.717, 1.165) is 6.42 Å². The van der Waals surface area contributed by atoms with Crippen LogP contribution in [0.1, 0.15) is 25.7 Å². The zero-order valence-corrected chi connectivity index (χ0v) is 6.60. The van der Waals surface area contributed by atoms with Gasteiger partial charge < -0.3 is 10.6 Å². The summed E-state index contributed by atoms with van der Waals surface area (Å²) in [6.45, 7) is 0.515. The molecule has 1 amide bonds. The molecule has 1 heterocycles. The number of carbonyl (C=O) groups is 1. The number of amides is 1. The number of carbonyl (C=O) groups excluding carboxylic acids is 1. The van der Waals surface area contributed by atoms with Gasteiger partial charge in [-0.3, -0.25) is 4.79 Å². The molecule has 2 rings (SSSR count). The van der Waals surface area contributed by atoms with E-state index in [1.807, 2.05) is 0 Å². The molecule has 0 bridgehead atoms. The van der Waals surface area contributed by atoms with Crippen molar-refractivity contribution >= 4 is 5.91 Å². The van der Waals surface area contributed by atoms with Crippen molar-refractivity contribution in [3.05, 3.63) is 0 Å². The number of hydrogen-bond donors (Lipinski definition) is 2. The Hall–Kier alpha value is -0.570. The average molecular weight is 154 g/mol. The summed E-state index contributed by atoms with van der Waals surface area (Å²) in [5, 5.41) is 6.28. The van der Waals surface area contributed by atoms with Crippen LogP contribution in [-0.4, -0.2) is 24.5 Å². The van der Waals surface area contributed by atoms with Crippen LogP contribution in [0.5, 0.6) is 0 Å². The molecule has 2 fully saturated rings. The topological polar surface area (TPSA) is 41.1 Å². The molecule has 0 spiro atoms. The quantitative estimate of drug-likeness (QED) is 0.516. The highest BCUT2D eigenvalue weighted by molar-refractivity contribution is 5.79. The fourth-order valence-electron chi connectivity index (χ4n) is 2.03. The summed E-state index contributed by atoms with van der Waals surface area (Å²) in [6.07, 6.45) is 4.96. The molecule has 2 atom stereocenters. The second kappa shape index (κ2) is 2.81. The van der Waals surface area contributed by atoms with E-state index in [-0.39, 0.29) is 5.91 Å². The van der Waals surface area contributed by atoms with Crippen molar-refractivity contribution in [2.24, 2.45) is 0 Å². The molecule has 1 aliphatic carbocycles. The second-order valence-corrected chi connectivity index (χ2v) is 3.45. The molecule has 1 saturated carbocycles. The predicted molar refractivity (Wildman–Crippen MR) is 42.2 cm³/mol. The molecule has 0 aromatic rings. The van der Waals surface area contributed by atoms with Crippen LogP contribution in [0.3, 0.4) is 0 Å². The van der Waals surface area contributed by atoms with Gasteiger partial charge >= 0.3 is 0 Å². The summed E-state index contributed by atoms with van der Waals surface area (Å²) in [5.74, 6) is 0.160. The molecule has 0 aromatic carbocycles. The number of fused-ring (bicyclic) bond motifs is 1. The van der Waals surface area contributed by atoms with Crippen LogP contribution in [0.4, 0.5) is 0 Å². The van der Waals surface area contributed by atoms with Gasteiger partial charge in [0.25, 0.3) is 0 Å². The standard InChI is InChI=1S/C8H14N2O/c11-8-5-9-6-3-1-2-4-7(6)10-8/h6-7,9H,1-5H2,(H,10,11)/t6-,7+/m1/s1. The predicted octanol–water partition coefficient (Wildman–Crippen LogP) is 0.0170. The highest BCUT2D eigenvalue weighted by Gasteiger charge is 2.29. The maximum absolute atomic E-state index is 10.9. The van der Waals surface area contributed by atoms with E-state index >= 15 is 0 Å². The SMILES string of the molecule is O=C1CN[C@@H]2CCCC[C@@H]2N1. The molecular formula is C8H14N2O. The first-order chi connectivity index (χ1) is 5.36. The van der Waals surface area contributed by atoms with Crippen LogP contribution < -0.4 is 10.6 Å². The lowest BCUT2D eigenvalue weighted by atomic mass is 9.89. The van der Waals surface area contributed by atoms with Crippen molar-refractivity contribution < 1.29 is 4.79 Å². The van der Waals surface area contributed by atoms with Gasteiger partial charge in [0.05, 0.1) is 6.54 Å². The van der Waals surface area contributed by atoms with Crippen molar-refractivity contribution in [3.8, 4) is 0 Å². The van der Waals surface area contributed by atoms with Crippen LogP contribution in [0.15, 0.2) is 0 Å². The number of nitrogens with one attached hydrogen (secondary N) is 2. The summed E-state index contributed by atoms with van der Waals surface area (Å²) in [4.78, 5) is 10.9. The molecule has 1 saturated heterocycles. The van der Waals surface area contributed by atoms with Crippen LogP contribution in [0.2, 0.25) is 0 Å². The molecule has 0 unspecified atom stereocenters. The maximum atomic E-state index is 10.9. The monoisotopic (exact) mass is 154 g/mol. The normalized spacial score (nSPS) is 37.6. The molecule has 3 nitrogen and oxygen atoms in total. The van der Waals surface area contributed by atoms with E-state index in [1.54, 1.807) is 0 Å². The van der Waals surface area contributed by atoms with Crippen molar-refractivity contribution in [1.82, 2.24) is 10.6 Å². The molecular weight excluding hydrogens is 140 g/mol. The molecule has 11 heavy (non-hydrogen) atoms. The van der Waals surface area contributed by atoms with E-state index in [2.05, 4.69) is 10.6 Å². The Morgan fingerprint density at radius 2 is 1.91 bits per heavy atom. The summed E-state index contributed by atoms with van der Waals surface area (Å²) in [5.41, 5.74) is 0. The third-order valence-corrected chi connectivity index (χ3v) is 2.64. The summed E-state index contributed by atoms with van der Waals surface area (Å²) < 4.78 is 0. The van der Waals surface area contributed by atoms with Crippen molar-refractivity contribution in [3.63, 3.8) is 0 Å². The Kier molecular flexibility index (Phi) is 1.82. The molecule has 1 aliphatic heterocycles. The van der Waals surface area contributed by atoms with E-state index in [1.165, 1.54) is 19.3 Å². The lowest BCUT2D eigenvalue weighted by molar-refractivity contribution is -0.123. The second-order valence-electron chi connectivity index (χ2n) is 3.45. The number of rotatable bonds is 0. The first-order valence-corrected chi connectivity index (χ1v) is 4.39. The summed E-state index contributed by atoms with van der Waals surface area (Å²) in [7, 11) is 0. The van der Waals surface area contributed by atoms with Gasteiger partial charge in [-0.1, -0.05) is 12.8 Å². The van der Waals surface area contributed by atoms with Crippen molar-refractivity contribution in [2.45, 2.75) is 37.8 Å². The molecule has 62 valence electrons. The Morgan fingerprint density at radius 1 is 1.18 bits per heavy atom. The summed E-state index contributed by atoms with van der Waals surface area (Å²) in [6, 6.07) is 0.978. The van der Waals surface area contributed by atoms with Gasteiger partial charge in [-0.2, -0.15) is 0 Å². The van der Waals surface area contributed by atoms with Gasteiger partial charge in [-0.25, -0.2) is 0 Å². The fraction of sp³-hybridized carbons (Fsp3) is 0.875. The average Bonchev–Trinajstić information content (AvgIpc) is 2.04. The van der Waals surface area contributed by atoms with Crippen molar-refractivity contribution in [2.75, 3.05) is 6.54 Å². The van der Waals surface area contributed by atoms with Gasteiger partial charge in [-0.05, 0) is 12.8 Å². The molecule has 3 heteroatoms. The van der Waals surface area contributed by atoms with Gasteiger partial charge in [0.2, 0.25) is 5.91 Å². The Balaban J connectivity index is 1.98. The highest BCUT2D eigenvalue weighted by Crippen LogP contribution is 2.19. The minimum Gasteiger partial charge on any atom is -0.351 e. The van der Waals surface area contributed by atoms with Crippen LogP contribution in [0, 0.1) is 0 Å². The minimum atomic E-state index is 0.160. The minimum absolute atomic E-state index is 0.160. The number of hydrogen-bond acceptors (Lipinski definition) is 2. The third kappa shape index (κ3) is 1.38. The first kappa shape index (κ1) is 7.10. The van der Waals surface area contributed by atoms with Gasteiger partial charge in [0.15, 0.2) is 0 Å². The zero-order valence-electron chi connectivity index (χ0n) is 6.60. The van der Waals surface area contributed by atoms with Crippen molar-refractivity contribution in [1.29, 1.82) is 0 Å². The van der Waals surface area contributed by atoms with Gasteiger partial charge in [-0.15, -0.1) is 0 Å². The van der Waals surface area contributed by atoms with Crippen LogP contribution >= 0.6 is 0 Å². The zero-order chi connectivity index (χ0) is 7.68. The first-order valence-electron chi connectivity index (χ1n) is 4.39. The van der Waals surface area contributed by atoms with Gasteiger partial charge in [0.1, 0.15) is 0 Å². The fourth-order valence-corrected chi connectivity index (χ4v) is 2.03. The van der Waals surface area contributed by atoms with Crippen LogP contribution in [-0.2, 0) is 4.79 Å². The Morgan fingerprint density at radius 3 is 2.73 bits per heavy atom. The molecule has 0 aromatic heterocycles. The number of piperazine rings is 1. The van der Waals surface area contributed by atoms with E-state index in [4.69, 9.17) is 0 Å². The molecule has 2 N–H and O–H groups in total. The molecule has 0 radical (unpaired) electrons. The smallest absolute Gasteiger partial charge is 0.234 e.